The molecule has 0 amide bonds. The number of aromatic nitrogens is 1. The number of esters is 3. The summed E-state index contributed by atoms with van der Waals surface area (Å²) in [6.07, 6.45) is 25.8. The first-order valence-corrected chi connectivity index (χ1v) is 21.3. The molecule has 0 radical (unpaired) electrons. The molecule has 3 unspecified atom stereocenters. The number of hydrogen-bond acceptors (Lipinski definition) is 7. The summed E-state index contributed by atoms with van der Waals surface area (Å²) in [7, 11) is 0. The molecule has 1 rings (SSSR count). The molecule has 3 atom stereocenters. The predicted molar refractivity (Wildman–Crippen MR) is 210 cm³/mol. The smallest absolute Gasteiger partial charge is 0.314 e. The van der Waals surface area contributed by atoms with Gasteiger partial charge in [0.25, 0.3) is 0 Å². The average molecular weight is 716 g/mol. The molecular weight excluding hydrogens is 638 g/mol. The summed E-state index contributed by atoms with van der Waals surface area (Å²) in [6.45, 7) is 14.8. The van der Waals surface area contributed by atoms with Crippen LogP contribution in [-0.4, -0.2) is 22.9 Å². The van der Waals surface area contributed by atoms with Crippen molar-refractivity contribution >= 4 is 17.9 Å². The van der Waals surface area contributed by atoms with Gasteiger partial charge in [-0.15, -0.1) is 0 Å². The van der Waals surface area contributed by atoms with Gasteiger partial charge in [0.05, 0.1) is 23.4 Å². The fourth-order valence-electron chi connectivity index (χ4n) is 6.75. The van der Waals surface area contributed by atoms with E-state index in [1.54, 1.807) is 6.20 Å². The van der Waals surface area contributed by atoms with E-state index in [0.717, 1.165) is 141 Å². The Kier molecular flexibility index (Phi) is 27.5. The van der Waals surface area contributed by atoms with Crippen LogP contribution < -0.4 is 4.74 Å². The van der Waals surface area contributed by atoms with Crippen molar-refractivity contribution in [1.82, 2.24) is 4.98 Å². The molecule has 0 aromatic carbocycles. The lowest BCUT2D eigenvalue weighted by Gasteiger charge is -2.22. The van der Waals surface area contributed by atoms with Crippen LogP contribution in [0.5, 0.6) is 5.75 Å². The Morgan fingerprint density at radius 1 is 0.510 bits per heavy atom. The summed E-state index contributed by atoms with van der Waals surface area (Å²) in [5, 5.41) is 0. The molecule has 0 fully saturated rings. The quantitative estimate of drug-likeness (QED) is 0.0541. The van der Waals surface area contributed by atoms with Gasteiger partial charge < -0.3 is 14.2 Å². The second kappa shape index (κ2) is 30.1. The lowest BCUT2D eigenvalue weighted by molar-refractivity contribution is -0.152. The molecule has 0 N–H and O–H groups in total. The van der Waals surface area contributed by atoms with Gasteiger partial charge in [0.15, 0.2) is 5.75 Å². The van der Waals surface area contributed by atoms with Gasteiger partial charge in [-0.05, 0) is 45.4 Å². The number of unbranched alkanes of at least 4 members (excludes halogenated alkanes) is 12. The largest absolute Gasteiger partial charge is 0.461 e. The second-order valence-electron chi connectivity index (χ2n) is 14.9. The van der Waals surface area contributed by atoms with Crippen molar-refractivity contribution in [3.05, 3.63) is 23.0 Å². The van der Waals surface area contributed by atoms with Gasteiger partial charge in [0, 0.05) is 17.3 Å². The van der Waals surface area contributed by atoms with Gasteiger partial charge >= 0.3 is 17.9 Å². The van der Waals surface area contributed by atoms with E-state index in [4.69, 9.17) is 14.2 Å². The van der Waals surface area contributed by atoms with E-state index in [-0.39, 0.29) is 48.9 Å². The average Bonchev–Trinajstić information content (AvgIpc) is 3.13. The lowest BCUT2D eigenvalue weighted by atomic mass is 9.95. The summed E-state index contributed by atoms with van der Waals surface area (Å²) < 4.78 is 18.3. The van der Waals surface area contributed by atoms with Crippen LogP contribution in [-0.2, 0) is 37.1 Å². The molecule has 0 aliphatic rings. The first-order chi connectivity index (χ1) is 24.8. The molecule has 7 heteroatoms. The first-order valence-electron chi connectivity index (χ1n) is 21.3. The van der Waals surface area contributed by atoms with Gasteiger partial charge in [0.1, 0.15) is 13.2 Å². The molecule has 0 spiro atoms. The van der Waals surface area contributed by atoms with E-state index in [0.29, 0.717) is 22.6 Å². The maximum atomic E-state index is 13.8. The number of carbonyl (C=O) groups is 3. The number of hydrogen-bond donors (Lipinski definition) is 0. The highest BCUT2D eigenvalue weighted by Crippen LogP contribution is 2.31. The van der Waals surface area contributed by atoms with E-state index in [1.807, 2.05) is 6.92 Å². The van der Waals surface area contributed by atoms with Crippen LogP contribution in [0, 0.1) is 24.7 Å². The number of ether oxygens (including phenoxy) is 3. The number of rotatable bonds is 32. The van der Waals surface area contributed by atoms with E-state index >= 15 is 0 Å². The Labute approximate surface area is 313 Å². The Morgan fingerprint density at radius 2 is 0.882 bits per heavy atom. The number of nitrogens with zero attached hydrogens (tertiary/aromatic N) is 1. The van der Waals surface area contributed by atoms with Gasteiger partial charge in [0.2, 0.25) is 0 Å². The van der Waals surface area contributed by atoms with Crippen LogP contribution in [0.25, 0.3) is 0 Å². The van der Waals surface area contributed by atoms with Gasteiger partial charge in [-0.2, -0.15) is 0 Å². The van der Waals surface area contributed by atoms with Crippen LogP contribution in [0.3, 0.4) is 0 Å². The zero-order valence-electron chi connectivity index (χ0n) is 34.1. The zero-order chi connectivity index (χ0) is 37.7. The maximum Gasteiger partial charge on any atom is 0.314 e. The maximum absolute atomic E-state index is 13.8. The molecule has 51 heavy (non-hydrogen) atoms. The minimum Gasteiger partial charge on any atom is -0.461 e. The molecule has 1 aromatic rings. The third-order valence-corrected chi connectivity index (χ3v) is 10.3. The molecule has 0 saturated carbocycles. The fourth-order valence-corrected chi connectivity index (χ4v) is 6.75. The molecule has 0 aliphatic carbocycles. The van der Waals surface area contributed by atoms with E-state index in [9.17, 15) is 14.4 Å². The fraction of sp³-hybridized carbons (Fsp3) is 0.818. The van der Waals surface area contributed by atoms with Crippen molar-refractivity contribution in [2.24, 2.45) is 17.8 Å². The molecule has 1 heterocycles. The zero-order valence-corrected chi connectivity index (χ0v) is 34.1. The SMILES string of the molecule is CCCCCCC(CCCC)C(=O)OCc1cnc(C)c(OC(=O)C(CCCC)CCCCCC)c1COC(=O)C(CCCC)CCCCCC. The van der Waals surface area contributed by atoms with Crippen LogP contribution in [0.4, 0.5) is 0 Å². The van der Waals surface area contributed by atoms with Crippen molar-refractivity contribution in [3.8, 4) is 5.75 Å². The Balaban J connectivity index is 3.37. The van der Waals surface area contributed by atoms with E-state index < -0.39 is 0 Å². The Bertz CT molecular complexity index is 1070. The Morgan fingerprint density at radius 3 is 1.29 bits per heavy atom. The monoisotopic (exact) mass is 716 g/mol. The molecule has 0 saturated heterocycles. The second-order valence-corrected chi connectivity index (χ2v) is 14.9. The van der Waals surface area contributed by atoms with Crippen LogP contribution in [0.1, 0.15) is 212 Å². The minimum absolute atomic E-state index is 0.00626. The highest BCUT2D eigenvalue weighted by atomic mass is 16.6. The minimum atomic E-state index is -0.255. The van der Waals surface area contributed by atoms with Gasteiger partial charge in [-0.3, -0.25) is 19.4 Å². The topological polar surface area (TPSA) is 91.8 Å². The highest BCUT2D eigenvalue weighted by Gasteiger charge is 2.27. The van der Waals surface area contributed by atoms with Crippen LogP contribution in [0.15, 0.2) is 6.20 Å². The van der Waals surface area contributed by atoms with Crippen molar-refractivity contribution < 1.29 is 28.6 Å². The van der Waals surface area contributed by atoms with E-state index in [1.165, 1.54) is 12.8 Å². The van der Waals surface area contributed by atoms with Crippen molar-refractivity contribution in [2.45, 2.75) is 216 Å². The summed E-state index contributed by atoms with van der Waals surface area (Å²) in [4.78, 5) is 45.4. The van der Waals surface area contributed by atoms with Crippen molar-refractivity contribution in [3.63, 3.8) is 0 Å². The first kappa shape index (κ1) is 46.6. The lowest BCUT2D eigenvalue weighted by Crippen LogP contribution is -2.24. The van der Waals surface area contributed by atoms with Crippen molar-refractivity contribution in [1.29, 1.82) is 0 Å². The van der Waals surface area contributed by atoms with Gasteiger partial charge in [-0.25, -0.2) is 0 Å². The van der Waals surface area contributed by atoms with Crippen molar-refractivity contribution in [2.75, 3.05) is 0 Å². The molecule has 0 aliphatic heterocycles. The number of pyridine rings is 1. The summed E-state index contributed by atoms with van der Waals surface area (Å²) in [6, 6.07) is 0. The number of aryl methyl sites for hydroxylation is 1. The molecule has 1 aromatic heterocycles. The third-order valence-electron chi connectivity index (χ3n) is 10.3. The van der Waals surface area contributed by atoms with E-state index in [2.05, 4.69) is 46.5 Å². The van der Waals surface area contributed by atoms with Crippen LogP contribution >= 0.6 is 0 Å². The summed E-state index contributed by atoms with van der Waals surface area (Å²) in [5.41, 5.74) is 1.75. The predicted octanol–water partition coefficient (Wildman–Crippen LogP) is 12.7. The summed E-state index contributed by atoms with van der Waals surface area (Å²) in [5.74, 6) is -0.824. The molecule has 0 bridgehead atoms. The third kappa shape index (κ3) is 19.8. The standard InChI is InChI=1S/C44H77NO6/c1-8-14-20-23-29-36(26-17-11-4)42(46)49-33-39-32-45-35(7)41(51-44(48)38(28-19-13-6)31-25-22-16-10-3)40(39)34-50-43(47)37(27-18-12-5)30-24-21-15-9-2/h32,36-38H,8-31,33-34H2,1-7H3. The molecule has 294 valence electrons. The van der Waals surface area contributed by atoms with Crippen LogP contribution in [0.2, 0.25) is 0 Å². The van der Waals surface area contributed by atoms with Gasteiger partial charge in [-0.1, -0.05) is 157 Å². The Hall–Kier alpha value is -2.44. The summed E-state index contributed by atoms with van der Waals surface area (Å²) >= 11 is 0. The normalized spacial score (nSPS) is 13.1. The highest BCUT2D eigenvalue weighted by molar-refractivity contribution is 5.76. The number of carbonyl (C=O) groups excluding carboxylic acids is 3. The molecular formula is C44H77NO6. The molecule has 7 nitrogen and oxygen atoms in total.